The van der Waals surface area contributed by atoms with Crippen molar-refractivity contribution >= 4 is 11.6 Å². The lowest BCUT2D eigenvalue weighted by molar-refractivity contribution is -0.121. The average Bonchev–Trinajstić information content (AvgIpc) is 3.03. The van der Waals surface area contributed by atoms with Crippen LogP contribution in [0.2, 0.25) is 0 Å². The average molecular weight is 326 g/mol. The Morgan fingerprint density at radius 2 is 2.00 bits per heavy atom. The minimum atomic E-state index is -0.119. The number of rotatable bonds is 4. The van der Waals surface area contributed by atoms with Crippen molar-refractivity contribution in [2.75, 3.05) is 18.4 Å². The second-order valence-electron chi connectivity index (χ2n) is 6.77. The third-order valence-electron chi connectivity index (χ3n) is 5.00. The summed E-state index contributed by atoms with van der Waals surface area (Å²) in [5.74, 6) is 0.566. The molecule has 1 aromatic carbocycles. The van der Waals surface area contributed by atoms with Crippen molar-refractivity contribution in [3.8, 4) is 0 Å². The molecule has 5 nitrogen and oxygen atoms in total. The Morgan fingerprint density at radius 1 is 1.29 bits per heavy atom. The summed E-state index contributed by atoms with van der Waals surface area (Å²) in [6.45, 7) is 7.89. The summed E-state index contributed by atoms with van der Waals surface area (Å²) in [6, 6.07) is 9.91. The van der Waals surface area contributed by atoms with Crippen molar-refractivity contribution in [3.05, 3.63) is 47.3 Å². The molecule has 0 unspecified atom stereocenters. The maximum absolute atomic E-state index is 12.5. The predicted octanol–water partition coefficient (Wildman–Crippen LogP) is 3.23. The molecule has 1 saturated heterocycles. The number of H-pyrrole nitrogens is 1. The fourth-order valence-electron chi connectivity index (χ4n) is 3.35. The van der Waals surface area contributed by atoms with Crippen molar-refractivity contribution in [2.45, 2.75) is 45.6 Å². The molecule has 0 radical (unpaired) electrons. The van der Waals surface area contributed by atoms with Crippen molar-refractivity contribution < 1.29 is 4.79 Å². The highest BCUT2D eigenvalue weighted by Gasteiger charge is 2.28. The highest BCUT2D eigenvalue weighted by Crippen LogP contribution is 2.28. The van der Waals surface area contributed by atoms with Crippen LogP contribution in [-0.2, 0) is 4.79 Å². The summed E-state index contributed by atoms with van der Waals surface area (Å²) in [5, 5.41) is 10.5. The van der Waals surface area contributed by atoms with Gasteiger partial charge in [0.25, 0.3) is 0 Å². The Kier molecular flexibility index (Phi) is 5.00. The van der Waals surface area contributed by atoms with Gasteiger partial charge in [-0.05, 0) is 64.4 Å². The number of aryl methyl sites for hydroxylation is 2. The second kappa shape index (κ2) is 7.18. The minimum Gasteiger partial charge on any atom is -0.324 e. The van der Waals surface area contributed by atoms with E-state index in [4.69, 9.17) is 0 Å². The Morgan fingerprint density at radius 3 is 2.62 bits per heavy atom. The molecule has 5 heteroatoms. The Balaban J connectivity index is 1.55. The number of nitrogens with zero attached hydrogens (tertiary/aromatic N) is 2. The van der Waals surface area contributed by atoms with E-state index in [2.05, 4.69) is 26.5 Å². The van der Waals surface area contributed by atoms with Crippen molar-refractivity contribution in [2.24, 2.45) is 0 Å². The molecule has 2 heterocycles. The number of carbonyl (C=O) groups is 1. The quantitative estimate of drug-likeness (QED) is 0.907. The molecule has 1 atom stereocenters. The molecule has 3 rings (SSSR count). The number of hydrogen-bond acceptors (Lipinski definition) is 3. The van der Waals surface area contributed by atoms with Crippen molar-refractivity contribution in [3.63, 3.8) is 0 Å². The van der Waals surface area contributed by atoms with E-state index in [9.17, 15) is 4.79 Å². The number of nitrogens with one attached hydrogen (secondary N) is 2. The third-order valence-corrected chi connectivity index (χ3v) is 5.00. The molecule has 0 bridgehead atoms. The molecule has 2 N–H and O–H groups in total. The lowest BCUT2D eigenvalue weighted by Crippen LogP contribution is -2.45. The van der Waals surface area contributed by atoms with Crippen molar-refractivity contribution in [1.82, 2.24) is 15.1 Å². The number of aromatic amines is 1. The fourth-order valence-corrected chi connectivity index (χ4v) is 3.35. The monoisotopic (exact) mass is 326 g/mol. The van der Waals surface area contributed by atoms with Crippen LogP contribution in [0.3, 0.4) is 0 Å². The van der Waals surface area contributed by atoms with E-state index in [0.717, 1.165) is 48.6 Å². The molecule has 0 spiro atoms. The fraction of sp³-hybridized carbons (Fsp3) is 0.474. The first kappa shape index (κ1) is 16.7. The number of aromatic nitrogens is 2. The van der Waals surface area contributed by atoms with Gasteiger partial charge in [-0.3, -0.25) is 14.8 Å². The van der Waals surface area contributed by atoms with Gasteiger partial charge in [-0.15, -0.1) is 0 Å². The molecule has 1 aromatic heterocycles. The zero-order chi connectivity index (χ0) is 17.1. The van der Waals surface area contributed by atoms with Gasteiger partial charge < -0.3 is 5.32 Å². The van der Waals surface area contributed by atoms with Crippen LogP contribution in [0.4, 0.5) is 5.69 Å². The maximum atomic E-state index is 12.5. The van der Waals surface area contributed by atoms with Crippen LogP contribution in [0.15, 0.2) is 30.3 Å². The van der Waals surface area contributed by atoms with Crippen LogP contribution in [-0.4, -0.2) is 40.1 Å². The normalized spacial score (nSPS) is 17.6. The number of anilines is 1. The highest BCUT2D eigenvalue weighted by atomic mass is 16.2. The standard InChI is InChI=1S/C19H26N4O/c1-13-6-4-5-7-17(13)20-19(24)15(3)23-10-8-16(9-11-23)18-12-14(2)21-22-18/h4-7,12,15-16H,8-11H2,1-3H3,(H,20,24)(H,21,22)/t15-/m1/s1. The predicted molar refractivity (Wildman–Crippen MR) is 96.1 cm³/mol. The Labute approximate surface area is 143 Å². The van der Waals surface area contributed by atoms with Gasteiger partial charge in [0.2, 0.25) is 5.91 Å². The molecule has 0 saturated carbocycles. The summed E-state index contributed by atoms with van der Waals surface area (Å²) in [5.41, 5.74) is 4.25. The minimum absolute atomic E-state index is 0.0679. The zero-order valence-corrected chi connectivity index (χ0v) is 14.7. The summed E-state index contributed by atoms with van der Waals surface area (Å²) < 4.78 is 0. The maximum Gasteiger partial charge on any atom is 0.241 e. The van der Waals surface area contributed by atoms with Gasteiger partial charge in [0.05, 0.1) is 11.7 Å². The highest BCUT2D eigenvalue weighted by molar-refractivity contribution is 5.95. The summed E-state index contributed by atoms with van der Waals surface area (Å²) >= 11 is 0. The lowest BCUT2D eigenvalue weighted by Gasteiger charge is -2.34. The third kappa shape index (κ3) is 3.67. The molecule has 1 amide bonds. The van der Waals surface area contributed by atoms with Crippen LogP contribution < -0.4 is 5.32 Å². The molecular weight excluding hydrogens is 300 g/mol. The topological polar surface area (TPSA) is 61.0 Å². The summed E-state index contributed by atoms with van der Waals surface area (Å²) in [4.78, 5) is 14.8. The number of likely N-dealkylation sites (tertiary alicyclic amines) is 1. The Hall–Kier alpha value is -2.14. The molecule has 24 heavy (non-hydrogen) atoms. The van der Waals surface area contributed by atoms with Gasteiger partial charge >= 0.3 is 0 Å². The summed E-state index contributed by atoms with van der Waals surface area (Å²) in [7, 11) is 0. The van der Waals surface area contributed by atoms with Gasteiger partial charge in [-0.25, -0.2) is 0 Å². The van der Waals surface area contributed by atoms with Crippen LogP contribution in [0, 0.1) is 13.8 Å². The van der Waals surface area contributed by atoms with Crippen LogP contribution in [0.25, 0.3) is 0 Å². The van der Waals surface area contributed by atoms with E-state index < -0.39 is 0 Å². The number of amides is 1. The Bertz CT molecular complexity index is 701. The van der Waals surface area contributed by atoms with E-state index in [1.807, 2.05) is 45.0 Å². The summed E-state index contributed by atoms with van der Waals surface area (Å²) in [6.07, 6.45) is 2.10. The second-order valence-corrected chi connectivity index (χ2v) is 6.77. The van der Waals surface area contributed by atoms with Crippen LogP contribution in [0.5, 0.6) is 0 Å². The molecule has 1 aliphatic rings. The van der Waals surface area contributed by atoms with Crippen LogP contribution >= 0.6 is 0 Å². The van der Waals surface area contributed by atoms with Gasteiger partial charge in [-0.2, -0.15) is 5.10 Å². The first-order valence-corrected chi connectivity index (χ1v) is 8.67. The smallest absolute Gasteiger partial charge is 0.241 e. The van der Waals surface area contributed by atoms with E-state index in [1.165, 1.54) is 0 Å². The first-order valence-electron chi connectivity index (χ1n) is 8.67. The SMILES string of the molecule is Cc1cc(C2CCN([C@H](C)C(=O)Nc3ccccc3C)CC2)n[nH]1. The molecule has 1 aliphatic heterocycles. The van der Waals surface area contributed by atoms with Crippen LogP contribution in [0.1, 0.15) is 42.6 Å². The van der Waals surface area contributed by atoms with Gasteiger partial charge in [0.15, 0.2) is 0 Å². The first-order chi connectivity index (χ1) is 11.5. The number of carbonyl (C=O) groups excluding carboxylic acids is 1. The molecule has 2 aromatic rings. The number of hydrogen-bond donors (Lipinski definition) is 2. The van der Waals surface area contributed by atoms with E-state index in [0.29, 0.717) is 5.92 Å². The molecular formula is C19H26N4O. The van der Waals surface area contributed by atoms with Crippen molar-refractivity contribution in [1.29, 1.82) is 0 Å². The number of para-hydroxylation sites is 1. The molecule has 128 valence electrons. The van der Waals surface area contributed by atoms with E-state index in [-0.39, 0.29) is 11.9 Å². The lowest BCUT2D eigenvalue weighted by atomic mass is 9.92. The van der Waals surface area contributed by atoms with Gasteiger partial charge in [0.1, 0.15) is 0 Å². The number of piperidine rings is 1. The number of benzene rings is 1. The van der Waals surface area contributed by atoms with Gasteiger partial charge in [0, 0.05) is 17.3 Å². The largest absolute Gasteiger partial charge is 0.324 e. The molecule has 0 aliphatic carbocycles. The van der Waals surface area contributed by atoms with E-state index in [1.54, 1.807) is 0 Å². The zero-order valence-electron chi connectivity index (χ0n) is 14.7. The van der Waals surface area contributed by atoms with Gasteiger partial charge in [-0.1, -0.05) is 18.2 Å². The van der Waals surface area contributed by atoms with E-state index >= 15 is 0 Å². The molecule has 1 fully saturated rings.